The summed E-state index contributed by atoms with van der Waals surface area (Å²) in [5.41, 5.74) is 0. The van der Waals surface area contributed by atoms with Crippen molar-refractivity contribution in [3.63, 3.8) is 0 Å². The Labute approximate surface area is 72.3 Å². The Morgan fingerprint density at radius 3 is 1.20 bits per heavy atom. The van der Waals surface area contributed by atoms with Gasteiger partial charge in [-0.15, -0.1) is 0 Å². The minimum atomic E-state index is 0. The molecule has 0 aliphatic heterocycles. The summed E-state index contributed by atoms with van der Waals surface area (Å²) in [5, 5.41) is 6.25. The summed E-state index contributed by atoms with van der Waals surface area (Å²) >= 11 is 0. The standard InChI is InChI=1S/CN.Co.Fe.Pb.2H/c1-2;;;;;/q-1;;;;;. The molecule has 0 saturated heterocycles. The van der Waals surface area contributed by atoms with Crippen LogP contribution in [0.3, 0.4) is 0 Å². The van der Waals surface area contributed by atoms with Gasteiger partial charge in [-0.05, 0) is 0 Å². The molecule has 0 aromatic rings. The molecule has 0 spiro atoms. The van der Waals surface area contributed by atoms with E-state index in [0.717, 1.165) is 0 Å². The van der Waals surface area contributed by atoms with E-state index in [9.17, 15) is 0 Å². The Hall–Kier alpha value is 1.44. The molecule has 0 saturated carbocycles. The number of nitrogens with zero attached hydrogens (tertiary/aromatic N) is 1. The first-order valence-electron chi connectivity index (χ1n) is 0.224. The molecule has 33 valence electrons. The van der Waals surface area contributed by atoms with Gasteiger partial charge in [-0.25, -0.2) is 0 Å². The van der Waals surface area contributed by atoms with Gasteiger partial charge in [-0.3, -0.25) is 0 Å². The van der Waals surface area contributed by atoms with E-state index in [1.807, 2.05) is 0 Å². The summed E-state index contributed by atoms with van der Waals surface area (Å²) in [7, 11) is 0. The molecular formula is CH2CoFeNPb-. The van der Waals surface area contributed by atoms with Gasteiger partial charge in [0.05, 0.1) is 0 Å². The van der Waals surface area contributed by atoms with E-state index in [4.69, 9.17) is 11.8 Å². The fourth-order valence-corrected chi connectivity index (χ4v) is 0. The van der Waals surface area contributed by atoms with Crippen LogP contribution >= 0.6 is 0 Å². The maximum atomic E-state index is 6.25. The van der Waals surface area contributed by atoms with Gasteiger partial charge in [0.2, 0.25) is 0 Å². The van der Waals surface area contributed by atoms with Crippen LogP contribution in [0.2, 0.25) is 0 Å². The molecule has 0 aliphatic rings. The maximum absolute atomic E-state index is 6.25. The van der Waals surface area contributed by atoms with Crippen molar-refractivity contribution in [2.45, 2.75) is 0 Å². The Bertz CT molecular complexity index is 16.4. The van der Waals surface area contributed by atoms with Crippen molar-refractivity contribution >= 4 is 27.3 Å². The Morgan fingerprint density at radius 2 is 1.20 bits per heavy atom. The van der Waals surface area contributed by atoms with E-state index >= 15 is 0 Å². The molecule has 0 atom stereocenters. The SMILES string of the molecule is [C-]#N.[Co].[Fe].[PbH2]. The van der Waals surface area contributed by atoms with E-state index < -0.39 is 0 Å². The van der Waals surface area contributed by atoms with Crippen molar-refractivity contribution in [2.75, 3.05) is 0 Å². The second kappa shape index (κ2) is 51.8. The Kier molecular flexibility index (Phi) is 332. The van der Waals surface area contributed by atoms with E-state index in [1.165, 1.54) is 0 Å². The van der Waals surface area contributed by atoms with E-state index in [0.29, 0.717) is 0 Å². The normalized spacial score (nSPS) is 0.400. The van der Waals surface area contributed by atoms with Gasteiger partial charge < -0.3 is 11.8 Å². The van der Waals surface area contributed by atoms with Crippen LogP contribution < -0.4 is 0 Å². The molecule has 0 aliphatic carbocycles. The first-order chi connectivity index (χ1) is 1.00. The van der Waals surface area contributed by atoms with Crippen molar-refractivity contribution in [3.05, 3.63) is 6.57 Å². The van der Waals surface area contributed by atoms with Crippen molar-refractivity contribution < 1.29 is 33.8 Å². The summed E-state index contributed by atoms with van der Waals surface area (Å²) in [6.45, 7) is 4.75. The fourth-order valence-electron chi connectivity index (χ4n) is 0. The molecule has 0 unspecified atom stereocenters. The van der Waals surface area contributed by atoms with Crippen LogP contribution in [0.25, 0.3) is 0 Å². The molecule has 5 heavy (non-hydrogen) atoms. The summed E-state index contributed by atoms with van der Waals surface area (Å²) < 4.78 is 0. The molecule has 4 heteroatoms. The third-order valence-electron chi connectivity index (χ3n) is 0. The predicted octanol–water partition coefficient (Wildman–Crippen LogP) is -0.825. The molecule has 0 heterocycles. The number of hydrogen-bond donors (Lipinski definition) is 0. The van der Waals surface area contributed by atoms with Gasteiger partial charge in [0.15, 0.2) is 0 Å². The predicted molar refractivity (Wildman–Crippen MR) is 13.5 cm³/mol. The zero-order chi connectivity index (χ0) is 2.00. The molecule has 0 aromatic heterocycles. The third-order valence-corrected chi connectivity index (χ3v) is 0. The Morgan fingerprint density at radius 1 is 1.20 bits per heavy atom. The fraction of sp³-hybridized carbons (Fsp3) is 0. The summed E-state index contributed by atoms with van der Waals surface area (Å²) in [6.07, 6.45) is 0. The van der Waals surface area contributed by atoms with E-state index in [-0.39, 0.29) is 61.1 Å². The number of hydrogen-bond acceptors (Lipinski definition) is 1. The molecule has 3 radical (unpaired) electrons. The monoisotopic (exact) mass is 351 g/mol. The summed E-state index contributed by atoms with van der Waals surface area (Å²) in [6, 6.07) is 0. The topological polar surface area (TPSA) is 23.8 Å². The van der Waals surface area contributed by atoms with Gasteiger partial charge >= 0.3 is 27.3 Å². The van der Waals surface area contributed by atoms with Gasteiger partial charge in [0, 0.05) is 33.8 Å². The quantitative estimate of drug-likeness (QED) is 0.414. The zero-order valence-corrected chi connectivity index (χ0v) is 9.98. The third kappa shape index (κ3) is 31.1. The van der Waals surface area contributed by atoms with Crippen LogP contribution in [0, 0.1) is 11.8 Å². The van der Waals surface area contributed by atoms with Crippen LogP contribution in [-0.2, 0) is 33.8 Å². The van der Waals surface area contributed by atoms with Crippen LogP contribution in [0.15, 0.2) is 0 Å². The van der Waals surface area contributed by atoms with Gasteiger partial charge in [0.1, 0.15) is 0 Å². The van der Waals surface area contributed by atoms with E-state index in [1.54, 1.807) is 0 Å². The van der Waals surface area contributed by atoms with Crippen molar-refractivity contribution in [1.29, 1.82) is 5.26 Å². The van der Waals surface area contributed by atoms with Crippen molar-refractivity contribution in [2.24, 2.45) is 0 Å². The molecular weight excluding hydrogens is 348 g/mol. The van der Waals surface area contributed by atoms with Gasteiger partial charge in [0.25, 0.3) is 0 Å². The summed E-state index contributed by atoms with van der Waals surface area (Å²) in [5.74, 6) is 0. The van der Waals surface area contributed by atoms with Crippen LogP contribution in [0.4, 0.5) is 0 Å². The van der Waals surface area contributed by atoms with Gasteiger partial charge in [-0.1, -0.05) is 0 Å². The average Bonchev–Trinajstić information content (AvgIpc) is 1.00. The first-order valence-corrected chi connectivity index (χ1v) is 0.224. The minimum absolute atomic E-state index is 0. The van der Waals surface area contributed by atoms with Crippen LogP contribution in [0.1, 0.15) is 0 Å². The second-order valence-electron chi connectivity index (χ2n) is 0. The molecule has 0 amide bonds. The van der Waals surface area contributed by atoms with Gasteiger partial charge in [-0.2, -0.15) is 0 Å². The van der Waals surface area contributed by atoms with Crippen molar-refractivity contribution in [1.82, 2.24) is 0 Å². The molecule has 0 aromatic carbocycles. The first kappa shape index (κ1) is 32.0. The Balaban J connectivity index is -0.00000000167. The van der Waals surface area contributed by atoms with E-state index in [2.05, 4.69) is 0 Å². The molecule has 0 fully saturated rings. The zero-order valence-electron chi connectivity index (χ0n) is 2.34. The molecule has 0 bridgehead atoms. The molecule has 1 nitrogen and oxygen atoms in total. The number of rotatable bonds is 0. The average molecular weight is 350 g/mol. The second-order valence-corrected chi connectivity index (χ2v) is 0. The molecule has 0 N–H and O–H groups in total. The molecule has 0 rings (SSSR count). The van der Waals surface area contributed by atoms with Crippen molar-refractivity contribution in [3.8, 4) is 0 Å². The van der Waals surface area contributed by atoms with Crippen LogP contribution in [0.5, 0.6) is 0 Å². The summed E-state index contributed by atoms with van der Waals surface area (Å²) in [4.78, 5) is 0. The van der Waals surface area contributed by atoms with Crippen LogP contribution in [-0.4, -0.2) is 27.3 Å².